The Morgan fingerprint density at radius 1 is 1.17 bits per heavy atom. The van der Waals surface area contributed by atoms with Crippen LogP contribution in [-0.4, -0.2) is 26.9 Å². The normalized spacial score (nSPS) is 11.9. The molecule has 0 atom stereocenters. The van der Waals surface area contributed by atoms with Gasteiger partial charge in [0.15, 0.2) is 0 Å². The molecule has 0 saturated carbocycles. The maximum Gasteiger partial charge on any atom is 0.573 e. The summed E-state index contributed by atoms with van der Waals surface area (Å²) < 4.78 is 70.9. The van der Waals surface area contributed by atoms with Gasteiger partial charge in [-0.3, -0.25) is 9.71 Å². The molecule has 6 nitrogen and oxygen atoms in total. The Hall–Kier alpha value is -2.20. The van der Waals surface area contributed by atoms with Gasteiger partial charge in [0.05, 0.1) is 12.8 Å². The number of nitrogens with zero attached hydrogens (tertiary/aromatic N) is 1. The Morgan fingerprint density at radius 2 is 1.88 bits per heavy atom. The van der Waals surface area contributed by atoms with Crippen molar-refractivity contribution in [3.63, 3.8) is 0 Å². The van der Waals surface area contributed by atoms with Crippen molar-refractivity contribution in [2.45, 2.75) is 6.36 Å². The number of methoxy groups -OCH3 is 1. The predicted octanol–water partition coefficient (Wildman–Crippen LogP) is 3.55. The quantitative estimate of drug-likeness (QED) is 0.800. The van der Waals surface area contributed by atoms with Crippen LogP contribution >= 0.6 is 10.7 Å². The second-order valence-corrected chi connectivity index (χ2v) is 6.67. The summed E-state index contributed by atoms with van der Waals surface area (Å²) in [5, 5.41) is 0. The molecular weight excluding hydrogens is 373 g/mol. The van der Waals surface area contributed by atoms with Crippen molar-refractivity contribution < 1.29 is 31.1 Å². The van der Waals surface area contributed by atoms with Crippen molar-refractivity contribution in [2.24, 2.45) is 0 Å². The van der Waals surface area contributed by atoms with E-state index >= 15 is 0 Å². The summed E-state index contributed by atoms with van der Waals surface area (Å²) in [5.74, 6) is -0.373. The van der Waals surface area contributed by atoms with Crippen LogP contribution in [0.2, 0.25) is 0 Å². The molecule has 1 heterocycles. The van der Waals surface area contributed by atoms with Gasteiger partial charge in [-0.1, -0.05) is 0 Å². The molecule has 2 rings (SSSR count). The molecule has 0 aliphatic heterocycles. The van der Waals surface area contributed by atoms with Gasteiger partial charge in [0.1, 0.15) is 11.5 Å². The lowest BCUT2D eigenvalue weighted by atomic mass is 10.1. The first-order valence-electron chi connectivity index (χ1n) is 6.19. The predicted molar refractivity (Wildman–Crippen MR) is 81.3 cm³/mol. The lowest BCUT2D eigenvalue weighted by Gasteiger charge is -2.16. The maximum absolute atomic E-state index is 12.7. The maximum atomic E-state index is 12.7. The monoisotopic (exact) mass is 382 g/mol. The fourth-order valence-electron chi connectivity index (χ4n) is 1.92. The Balaban J connectivity index is 2.58. The van der Waals surface area contributed by atoms with Crippen LogP contribution in [0.3, 0.4) is 0 Å². The summed E-state index contributed by atoms with van der Waals surface area (Å²) >= 11 is 0. The van der Waals surface area contributed by atoms with Crippen LogP contribution in [0.1, 0.15) is 0 Å². The first-order chi connectivity index (χ1) is 11.1. The molecule has 0 amide bonds. The summed E-state index contributed by atoms with van der Waals surface area (Å²) in [7, 11) is 2.19. The third-order valence-corrected chi connectivity index (χ3v) is 3.45. The summed E-state index contributed by atoms with van der Waals surface area (Å²) in [6, 6.07) is 4.77. The second kappa shape index (κ2) is 6.73. The molecule has 1 N–H and O–H groups in total. The molecule has 0 bridgehead atoms. The van der Waals surface area contributed by atoms with E-state index in [2.05, 4.69) is 9.72 Å². The van der Waals surface area contributed by atoms with Gasteiger partial charge in [-0.15, -0.1) is 13.2 Å². The molecular formula is C13H10ClF3N2O4S. The highest BCUT2D eigenvalue weighted by Crippen LogP contribution is 2.39. The molecule has 2 aromatic rings. The van der Waals surface area contributed by atoms with Gasteiger partial charge < -0.3 is 9.47 Å². The van der Waals surface area contributed by atoms with E-state index in [1.807, 2.05) is 4.72 Å². The first-order valence-corrected chi connectivity index (χ1v) is 8.50. The average molecular weight is 383 g/mol. The first kappa shape index (κ1) is 18.1. The minimum atomic E-state index is -4.98. The second-order valence-electron chi connectivity index (χ2n) is 4.37. The molecule has 0 radical (unpaired) electrons. The molecule has 1 aromatic heterocycles. The molecule has 11 heteroatoms. The third-order valence-electron chi connectivity index (χ3n) is 2.74. The van der Waals surface area contributed by atoms with Gasteiger partial charge in [-0.25, -0.2) is 0 Å². The lowest BCUT2D eigenvalue weighted by molar-refractivity contribution is -0.274. The van der Waals surface area contributed by atoms with Crippen molar-refractivity contribution in [3.05, 3.63) is 36.7 Å². The highest BCUT2D eigenvalue weighted by Gasteiger charge is 2.33. The van der Waals surface area contributed by atoms with Crippen LogP contribution in [-0.2, 0) is 9.24 Å². The number of alkyl halides is 3. The Kier molecular flexibility index (Phi) is 5.09. The summed E-state index contributed by atoms with van der Waals surface area (Å²) in [5.41, 5.74) is 0.0465. The minimum Gasteiger partial charge on any atom is -0.496 e. The Labute approximate surface area is 139 Å². The summed E-state index contributed by atoms with van der Waals surface area (Å²) in [6.07, 6.45) is -2.28. The van der Waals surface area contributed by atoms with E-state index in [9.17, 15) is 21.6 Å². The fraction of sp³-hybridized carbons (Fsp3) is 0.154. The molecule has 0 aliphatic rings. The smallest absolute Gasteiger partial charge is 0.496 e. The molecule has 0 saturated heterocycles. The van der Waals surface area contributed by atoms with Crippen LogP contribution in [0.25, 0.3) is 11.1 Å². The Morgan fingerprint density at radius 3 is 2.46 bits per heavy atom. The van der Waals surface area contributed by atoms with E-state index in [1.54, 1.807) is 0 Å². The highest BCUT2D eigenvalue weighted by atomic mass is 35.7. The number of anilines is 1. The van der Waals surface area contributed by atoms with Crippen LogP contribution in [0.5, 0.6) is 11.5 Å². The van der Waals surface area contributed by atoms with Crippen LogP contribution in [0.15, 0.2) is 36.7 Å². The van der Waals surface area contributed by atoms with Gasteiger partial charge >= 0.3 is 15.6 Å². The van der Waals surface area contributed by atoms with Gasteiger partial charge in [-0.05, 0) is 18.2 Å². The molecule has 24 heavy (non-hydrogen) atoms. The van der Waals surface area contributed by atoms with E-state index < -0.39 is 21.3 Å². The number of hydrogen-bond acceptors (Lipinski definition) is 5. The van der Waals surface area contributed by atoms with E-state index in [1.165, 1.54) is 37.7 Å². The number of pyridine rings is 1. The number of ether oxygens (including phenoxy) is 2. The van der Waals surface area contributed by atoms with Crippen LogP contribution in [0.4, 0.5) is 18.9 Å². The highest BCUT2D eigenvalue weighted by molar-refractivity contribution is 8.14. The van der Waals surface area contributed by atoms with E-state index in [0.717, 1.165) is 6.07 Å². The standard InChI is InChI=1S/C13H10ClF3N2O4S/c1-22-11-4-5-18-7-10(11)9-3-2-8(19-24(14,20)21)6-12(9)23-13(15,16)17/h2-7,19H,1H3. The van der Waals surface area contributed by atoms with Gasteiger partial charge in [0.2, 0.25) is 0 Å². The minimum absolute atomic E-state index is 0.00907. The number of halogens is 4. The number of hydrogen-bond donors (Lipinski definition) is 1. The van der Waals surface area contributed by atoms with Crippen molar-refractivity contribution in [1.29, 1.82) is 0 Å². The number of aromatic nitrogens is 1. The van der Waals surface area contributed by atoms with Gasteiger partial charge in [-0.2, -0.15) is 8.42 Å². The van der Waals surface area contributed by atoms with E-state index in [-0.39, 0.29) is 22.6 Å². The van der Waals surface area contributed by atoms with Crippen LogP contribution in [0, 0.1) is 0 Å². The van der Waals surface area contributed by atoms with E-state index in [4.69, 9.17) is 15.4 Å². The summed E-state index contributed by atoms with van der Waals surface area (Å²) in [6.45, 7) is 0. The van der Waals surface area contributed by atoms with E-state index in [0.29, 0.717) is 0 Å². The van der Waals surface area contributed by atoms with Gasteiger partial charge in [0.25, 0.3) is 0 Å². The zero-order chi connectivity index (χ0) is 18.0. The molecule has 0 aliphatic carbocycles. The number of nitrogens with one attached hydrogen (secondary N) is 1. The molecule has 0 spiro atoms. The molecule has 130 valence electrons. The molecule has 1 aromatic carbocycles. The lowest BCUT2D eigenvalue weighted by Crippen LogP contribution is -2.18. The van der Waals surface area contributed by atoms with Gasteiger partial charge in [0, 0.05) is 40.3 Å². The number of benzene rings is 1. The summed E-state index contributed by atoms with van der Waals surface area (Å²) in [4.78, 5) is 3.84. The van der Waals surface area contributed by atoms with Crippen molar-refractivity contribution >= 4 is 25.6 Å². The zero-order valence-corrected chi connectivity index (χ0v) is 13.5. The Bertz CT molecular complexity index is 843. The fourth-order valence-corrected chi connectivity index (χ4v) is 2.60. The van der Waals surface area contributed by atoms with Crippen molar-refractivity contribution in [3.8, 4) is 22.6 Å². The third kappa shape index (κ3) is 4.90. The largest absolute Gasteiger partial charge is 0.573 e. The average Bonchev–Trinajstić information content (AvgIpc) is 2.44. The van der Waals surface area contributed by atoms with Crippen molar-refractivity contribution in [2.75, 3.05) is 11.8 Å². The van der Waals surface area contributed by atoms with Crippen LogP contribution < -0.4 is 14.2 Å². The van der Waals surface area contributed by atoms with Crippen molar-refractivity contribution in [1.82, 2.24) is 4.98 Å². The zero-order valence-electron chi connectivity index (χ0n) is 12.0. The molecule has 0 unspecified atom stereocenters. The molecule has 0 fully saturated rings. The SMILES string of the molecule is COc1ccncc1-c1ccc(NS(=O)(=O)Cl)cc1OC(F)(F)F. The number of rotatable bonds is 5. The topological polar surface area (TPSA) is 77.5 Å².